The average Bonchev–Trinajstić information content (AvgIpc) is 2.60. The number of amides is 1. The molecule has 0 saturated carbocycles. The number of ether oxygens (including phenoxy) is 1. The number of likely N-dealkylation sites (N-methyl/N-ethyl adjacent to an activating group) is 1. The van der Waals surface area contributed by atoms with Gasteiger partial charge < -0.3 is 9.64 Å². The predicted octanol–water partition coefficient (Wildman–Crippen LogP) is 3.19. The number of nitrogens with zero attached hydrogens (tertiary/aromatic N) is 2. The molecule has 1 heterocycles. The van der Waals surface area contributed by atoms with E-state index in [9.17, 15) is 4.79 Å². The van der Waals surface area contributed by atoms with Gasteiger partial charge in [-0.25, -0.2) is 0 Å². The van der Waals surface area contributed by atoms with E-state index in [1.807, 2.05) is 50.4 Å². The molecule has 0 aliphatic carbocycles. The predicted molar refractivity (Wildman–Crippen MR) is 92.2 cm³/mol. The van der Waals surface area contributed by atoms with Crippen LogP contribution in [0.25, 0.3) is 6.08 Å². The van der Waals surface area contributed by atoms with Crippen molar-refractivity contribution in [3.05, 3.63) is 66.0 Å². The first kappa shape index (κ1) is 16.7. The highest BCUT2D eigenvalue weighted by atomic mass is 16.5. The van der Waals surface area contributed by atoms with Crippen LogP contribution in [0.5, 0.6) is 5.75 Å². The van der Waals surface area contributed by atoms with E-state index < -0.39 is 0 Å². The summed E-state index contributed by atoms with van der Waals surface area (Å²) >= 11 is 0. The second kappa shape index (κ2) is 8.13. The summed E-state index contributed by atoms with van der Waals surface area (Å²) < 4.78 is 5.37. The third-order valence-corrected chi connectivity index (χ3v) is 3.82. The lowest BCUT2D eigenvalue weighted by Gasteiger charge is -2.24. The quantitative estimate of drug-likeness (QED) is 0.770. The SMILES string of the molecule is COc1ccccc1CC(C)N(C)C(=O)C=Cc1cccnc1. The van der Waals surface area contributed by atoms with Crippen molar-refractivity contribution in [1.29, 1.82) is 0 Å². The number of rotatable bonds is 6. The summed E-state index contributed by atoms with van der Waals surface area (Å²) in [6.07, 6.45) is 7.53. The van der Waals surface area contributed by atoms with Crippen LogP contribution >= 0.6 is 0 Å². The van der Waals surface area contributed by atoms with Crippen LogP contribution in [0.15, 0.2) is 54.9 Å². The molecule has 0 N–H and O–H groups in total. The zero-order chi connectivity index (χ0) is 16.7. The van der Waals surface area contributed by atoms with E-state index in [-0.39, 0.29) is 11.9 Å². The number of aromatic nitrogens is 1. The molecule has 0 fully saturated rings. The van der Waals surface area contributed by atoms with Gasteiger partial charge in [-0.15, -0.1) is 0 Å². The Hall–Kier alpha value is -2.62. The number of pyridine rings is 1. The fourth-order valence-corrected chi connectivity index (χ4v) is 2.30. The number of para-hydroxylation sites is 1. The largest absolute Gasteiger partial charge is 0.496 e. The van der Waals surface area contributed by atoms with Gasteiger partial charge in [0.15, 0.2) is 0 Å². The van der Waals surface area contributed by atoms with Crippen LogP contribution in [-0.4, -0.2) is 36.0 Å². The molecule has 1 amide bonds. The Morgan fingerprint density at radius 1 is 1.30 bits per heavy atom. The van der Waals surface area contributed by atoms with Gasteiger partial charge in [-0.1, -0.05) is 24.3 Å². The van der Waals surface area contributed by atoms with Gasteiger partial charge in [0.05, 0.1) is 7.11 Å². The summed E-state index contributed by atoms with van der Waals surface area (Å²) in [4.78, 5) is 18.1. The third-order valence-electron chi connectivity index (χ3n) is 3.82. The van der Waals surface area contributed by atoms with Crippen molar-refractivity contribution in [2.24, 2.45) is 0 Å². The monoisotopic (exact) mass is 310 g/mol. The smallest absolute Gasteiger partial charge is 0.246 e. The Bertz CT molecular complexity index is 668. The molecule has 120 valence electrons. The minimum atomic E-state index is -0.0312. The van der Waals surface area contributed by atoms with Gasteiger partial charge in [0, 0.05) is 31.6 Å². The Morgan fingerprint density at radius 3 is 2.78 bits per heavy atom. The second-order valence-corrected chi connectivity index (χ2v) is 5.43. The van der Waals surface area contributed by atoms with Crippen molar-refractivity contribution in [3.8, 4) is 5.75 Å². The molecule has 0 aliphatic heterocycles. The van der Waals surface area contributed by atoms with Crippen LogP contribution in [0, 0.1) is 0 Å². The minimum Gasteiger partial charge on any atom is -0.496 e. The van der Waals surface area contributed by atoms with Crippen LogP contribution in [0.4, 0.5) is 0 Å². The van der Waals surface area contributed by atoms with Crippen LogP contribution in [0.3, 0.4) is 0 Å². The van der Waals surface area contributed by atoms with Gasteiger partial charge in [0.1, 0.15) is 5.75 Å². The van der Waals surface area contributed by atoms with Crippen LogP contribution in [0.1, 0.15) is 18.1 Å². The molecular weight excluding hydrogens is 288 g/mol. The molecule has 0 radical (unpaired) electrons. The fourth-order valence-electron chi connectivity index (χ4n) is 2.30. The number of benzene rings is 1. The molecule has 0 saturated heterocycles. The minimum absolute atomic E-state index is 0.0312. The standard InChI is InChI=1S/C19H22N2O2/c1-15(13-17-8-4-5-9-18(17)23-3)21(2)19(22)11-10-16-7-6-12-20-14-16/h4-12,14-15H,13H2,1-3H3. The first-order valence-electron chi connectivity index (χ1n) is 7.58. The lowest BCUT2D eigenvalue weighted by molar-refractivity contribution is -0.126. The van der Waals surface area contributed by atoms with Gasteiger partial charge in [0.2, 0.25) is 5.91 Å². The Balaban J connectivity index is 2.00. The van der Waals surface area contributed by atoms with E-state index in [4.69, 9.17) is 4.74 Å². The van der Waals surface area contributed by atoms with Crippen molar-refractivity contribution in [2.45, 2.75) is 19.4 Å². The molecule has 1 aromatic carbocycles. The summed E-state index contributed by atoms with van der Waals surface area (Å²) in [6.45, 7) is 2.03. The Labute approximate surface area is 137 Å². The molecule has 23 heavy (non-hydrogen) atoms. The van der Waals surface area contributed by atoms with E-state index >= 15 is 0 Å². The highest BCUT2D eigenvalue weighted by molar-refractivity contribution is 5.91. The van der Waals surface area contributed by atoms with E-state index in [2.05, 4.69) is 4.98 Å². The second-order valence-electron chi connectivity index (χ2n) is 5.43. The van der Waals surface area contributed by atoms with Gasteiger partial charge in [-0.3, -0.25) is 9.78 Å². The molecule has 0 bridgehead atoms. The highest BCUT2D eigenvalue weighted by Crippen LogP contribution is 2.20. The Morgan fingerprint density at radius 2 is 2.09 bits per heavy atom. The number of hydrogen-bond donors (Lipinski definition) is 0. The zero-order valence-electron chi connectivity index (χ0n) is 13.8. The van der Waals surface area contributed by atoms with Gasteiger partial charge >= 0.3 is 0 Å². The maximum absolute atomic E-state index is 12.3. The first-order valence-corrected chi connectivity index (χ1v) is 7.58. The topological polar surface area (TPSA) is 42.4 Å². The molecule has 1 atom stereocenters. The van der Waals surface area contributed by atoms with Gasteiger partial charge in [0.25, 0.3) is 0 Å². The van der Waals surface area contributed by atoms with Gasteiger partial charge in [-0.2, -0.15) is 0 Å². The molecule has 2 rings (SSSR count). The van der Waals surface area contributed by atoms with Crippen molar-refractivity contribution in [3.63, 3.8) is 0 Å². The first-order chi connectivity index (χ1) is 11.1. The van der Waals surface area contributed by atoms with Crippen LogP contribution in [-0.2, 0) is 11.2 Å². The summed E-state index contributed by atoms with van der Waals surface area (Å²) in [5.41, 5.74) is 2.00. The molecule has 1 aromatic heterocycles. The summed E-state index contributed by atoms with van der Waals surface area (Å²) in [5, 5.41) is 0. The molecule has 0 spiro atoms. The summed E-state index contributed by atoms with van der Waals surface area (Å²) in [5.74, 6) is 0.822. The molecule has 1 unspecified atom stereocenters. The van der Waals surface area contributed by atoms with Crippen LogP contribution in [0.2, 0.25) is 0 Å². The maximum Gasteiger partial charge on any atom is 0.246 e. The molecule has 0 aliphatic rings. The molecular formula is C19H22N2O2. The number of carbonyl (C=O) groups excluding carboxylic acids is 1. The van der Waals surface area contributed by atoms with E-state index in [1.165, 1.54) is 0 Å². The highest BCUT2D eigenvalue weighted by Gasteiger charge is 2.15. The maximum atomic E-state index is 12.3. The molecule has 4 nitrogen and oxygen atoms in total. The number of hydrogen-bond acceptors (Lipinski definition) is 3. The van der Waals surface area contributed by atoms with Crippen molar-refractivity contribution < 1.29 is 9.53 Å². The molecule has 4 heteroatoms. The number of carbonyl (C=O) groups is 1. The third kappa shape index (κ3) is 4.68. The van der Waals surface area contributed by atoms with Crippen molar-refractivity contribution >= 4 is 12.0 Å². The van der Waals surface area contributed by atoms with E-state index in [0.29, 0.717) is 0 Å². The van der Waals surface area contributed by atoms with Crippen LogP contribution < -0.4 is 4.74 Å². The number of methoxy groups -OCH3 is 1. The Kier molecular flexibility index (Phi) is 5.92. The van der Waals surface area contributed by atoms with Crippen molar-refractivity contribution in [2.75, 3.05) is 14.2 Å². The average molecular weight is 310 g/mol. The zero-order valence-corrected chi connectivity index (χ0v) is 13.8. The van der Waals surface area contributed by atoms with E-state index in [1.54, 1.807) is 36.6 Å². The lowest BCUT2D eigenvalue weighted by Crippen LogP contribution is -2.35. The fraction of sp³-hybridized carbons (Fsp3) is 0.263. The molecule has 2 aromatic rings. The summed E-state index contributed by atoms with van der Waals surface area (Å²) in [7, 11) is 3.48. The van der Waals surface area contributed by atoms with Crippen molar-refractivity contribution in [1.82, 2.24) is 9.88 Å². The van der Waals surface area contributed by atoms with Gasteiger partial charge in [-0.05, 0) is 42.7 Å². The normalized spacial score (nSPS) is 12.1. The van der Waals surface area contributed by atoms with E-state index in [0.717, 1.165) is 23.3 Å². The lowest BCUT2D eigenvalue weighted by atomic mass is 10.0. The summed E-state index contributed by atoms with van der Waals surface area (Å²) in [6, 6.07) is 11.7.